The lowest BCUT2D eigenvalue weighted by molar-refractivity contribution is -0.155. The molecule has 2 amide bonds. The molecule has 1 fully saturated rings. The number of amides is 2. The van der Waals surface area contributed by atoms with Crippen LogP contribution in [0.5, 0.6) is 11.5 Å². The molecular weight excluding hydrogens is 436 g/mol. The summed E-state index contributed by atoms with van der Waals surface area (Å²) in [4.78, 5) is 44.7. The third-order valence-corrected chi connectivity index (χ3v) is 5.23. The van der Waals surface area contributed by atoms with Crippen LogP contribution in [0.3, 0.4) is 0 Å². The molecular formula is C24H22N6O4. The molecule has 1 aliphatic heterocycles. The van der Waals surface area contributed by atoms with Gasteiger partial charge in [0.1, 0.15) is 29.5 Å². The monoisotopic (exact) mass is 458 g/mol. The molecule has 2 aromatic carbocycles. The number of para-hydroxylation sites is 1. The Balaban J connectivity index is 1.46. The fourth-order valence-electron chi connectivity index (χ4n) is 3.48. The van der Waals surface area contributed by atoms with Crippen LogP contribution in [0.2, 0.25) is 0 Å². The zero-order valence-electron chi connectivity index (χ0n) is 18.2. The van der Waals surface area contributed by atoms with Gasteiger partial charge < -0.3 is 15.8 Å². The maximum absolute atomic E-state index is 12.0. The van der Waals surface area contributed by atoms with Gasteiger partial charge in [-0.05, 0) is 36.4 Å². The predicted octanol–water partition coefficient (Wildman–Crippen LogP) is 2.40. The SMILES string of the molecule is N=C(c1ccc(Oc2ccccc2)cc1)c1c(N)ncnc1NCCN1C(=O)CCC(=O)C1=O. The number of nitrogen functional groups attached to an aromatic ring is 1. The highest BCUT2D eigenvalue weighted by molar-refractivity contribution is 6.40. The van der Waals surface area contributed by atoms with Crippen LogP contribution in [0.15, 0.2) is 60.9 Å². The third kappa shape index (κ3) is 4.90. The molecule has 0 aliphatic carbocycles. The van der Waals surface area contributed by atoms with Crippen molar-refractivity contribution >= 4 is 34.9 Å². The van der Waals surface area contributed by atoms with Crippen molar-refractivity contribution in [1.82, 2.24) is 14.9 Å². The highest BCUT2D eigenvalue weighted by Gasteiger charge is 2.32. The number of carbonyl (C=O) groups excluding carboxylic acids is 3. The average Bonchev–Trinajstić information content (AvgIpc) is 2.84. The molecule has 34 heavy (non-hydrogen) atoms. The summed E-state index contributed by atoms with van der Waals surface area (Å²) >= 11 is 0. The smallest absolute Gasteiger partial charge is 0.296 e. The fourth-order valence-corrected chi connectivity index (χ4v) is 3.48. The van der Waals surface area contributed by atoms with E-state index in [1.165, 1.54) is 6.33 Å². The van der Waals surface area contributed by atoms with Gasteiger partial charge in [-0.3, -0.25) is 24.7 Å². The first-order chi connectivity index (χ1) is 16.4. The van der Waals surface area contributed by atoms with E-state index in [0.29, 0.717) is 17.1 Å². The molecule has 10 nitrogen and oxygen atoms in total. The van der Waals surface area contributed by atoms with Crippen LogP contribution in [0.4, 0.5) is 11.6 Å². The number of piperidine rings is 1. The molecule has 0 bridgehead atoms. The number of hydrogen-bond donors (Lipinski definition) is 3. The first kappa shape index (κ1) is 22.6. The van der Waals surface area contributed by atoms with Crippen LogP contribution in [0.25, 0.3) is 0 Å². The number of imide groups is 1. The predicted molar refractivity (Wildman–Crippen MR) is 125 cm³/mol. The highest BCUT2D eigenvalue weighted by atomic mass is 16.5. The van der Waals surface area contributed by atoms with Crippen LogP contribution in [-0.2, 0) is 14.4 Å². The molecule has 4 N–H and O–H groups in total. The van der Waals surface area contributed by atoms with Crippen molar-refractivity contribution in [1.29, 1.82) is 5.41 Å². The molecule has 0 atom stereocenters. The van der Waals surface area contributed by atoms with Crippen LogP contribution in [0, 0.1) is 5.41 Å². The van der Waals surface area contributed by atoms with Crippen LogP contribution >= 0.6 is 0 Å². The molecule has 1 aromatic heterocycles. The van der Waals surface area contributed by atoms with E-state index in [2.05, 4.69) is 15.3 Å². The maximum Gasteiger partial charge on any atom is 0.296 e. The van der Waals surface area contributed by atoms with Gasteiger partial charge in [-0.1, -0.05) is 18.2 Å². The van der Waals surface area contributed by atoms with Crippen molar-refractivity contribution in [3.63, 3.8) is 0 Å². The zero-order chi connectivity index (χ0) is 24.1. The number of hydrogen-bond acceptors (Lipinski definition) is 9. The summed E-state index contributed by atoms with van der Waals surface area (Å²) in [7, 11) is 0. The van der Waals surface area contributed by atoms with Crippen LogP contribution in [-0.4, -0.2) is 51.3 Å². The zero-order valence-corrected chi connectivity index (χ0v) is 18.2. The number of anilines is 2. The number of carbonyl (C=O) groups is 3. The lowest BCUT2D eigenvalue weighted by atomic mass is 10.0. The molecule has 1 saturated heterocycles. The maximum atomic E-state index is 12.0. The summed E-state index contributed by atoms with van der Waals surface area (Å²) in [6.45, 7) is 0.122. The Bertz CT molecular complexity index is 1240. The number of likely N-dealkylation sites (tertiary alicyclic amines) is 1. The van der Waals surface area contributed by atoms with E-state index in [9.17, 15) is 14.4 Å². The number of ketones is 1. The Morgan fingerprint density at radius 1 is 1.00 bits per heavy atom. The number of Topliss-reactive ketones (excluding diaryl/α,β-unsaturated/α-hetero) is 1. The Kier molecular flexibility index (Phi) is 6.58. The van der Waals surface area contributed by atoms with Crippen molar-refractivity contribution in [3.8, 4) is 11.5 Å². The molecule has 172 valence electrons. The minimum Gasteiger partial charge on any atom is -0.457 e. The van der Waals surface area contributed by atoms with Gasteiger partial charge >= 0.3 is 0 Å². The second kappa shape index (κ2) is 9.90. The van der Waals surface area contributed by atoms with Crippen molar-refractivity contribution < 1.29 is 19.1 Å². The lowest BCUT2D eigenvalue weighted by Gasteiger charge is -2.24. The van der Waals surface area contributed by atoms with Crippen molar-refractivity contribution in [2.24, 2.45) is 0 Å². The van der Waals surface area contributed by atoms with Crippen molar-refractivity contribution in [3.05, 3.63) is 72.1 Å². The summed E-state index contributed by atoms with van der Waals surface area (Å²) in [5, 5.41) is 11.7. The van der Waals surface area contributed by atoms with E-state index in [-0.39, 0.29) is 54.7 Å². The second-order valence-electron chi connectivity index (χ2n) is 7.50. The van der Waals surface area contributed by atoms with Gasteiger partial charge in [0.15, 0.2) is 0 Å². The van der Waals surface area contributed by atoms with Gasteiger partial charge in [-0.2, -0.15) is 0 Å². The van der Waals surface area contributed by atoms with Crippen LogP contribution in [0.1, 0.15) is 24.0 Å². The van der Waals surface area contributed by atoms with Crippen molar-refractivity contribution in [2.75, 3.05) is 24.1 Å². The summed E-state index contributed by atoms with van der Waals surface area (Å²) in [5.74, 6) is -0.0649. The normalized spacial score (nSPS) is 13.6. The van der Waals surface area contributed by atoms with Crippen LogP contribution < -0.4 is 15.8 Å². The minimum absolute atomic E-state index is 0.00832. The van der Waals surface area contributed by atoms with E-state index in [1.54, 1.807) is 24.3 Å². The number of benzene rings is 2. The van der Waals surface area contributed by atoms with Crippen molar-refractivity contribution in [2.45, 2.75) is 12.8 Å². The molecule has 4 rings (SSSR count). The first-order valence-electron chi connectivity index (χ1n) is 10.6. The molecule has 3 aromatic rings. The number of nitrogens with two attached hydrogens (primary N) is 1. The van der Waals surface area contributed by atoms with E-state index in [0.717, 1.165) is 4.90 Å². The Hall–Kier alpha value is -4.60. The molecule has 0 spiro atoms. The average molecular weight is 458 g/mol. The fraction of sp³-hybridized carbons (Fsp3) is 0.167. The Morgan fingerprint density at radius 3 is 2.44 bits per heavy atom. The standard InChI is InChI=1S/C24H22N6O4/c25-21(15-6-8-17(9-7-15)34-16-4-2-1-3-5-16)20-22(26)28-14-29-23(20)27-12-13-30-19(32)11-10-18(31)24(30)33/h1-9,14,25H,10-13H2,(H3,26,27,28,29). The molecule has 1 aliphatic rings. The van der Waals surface area contributed by atoms with Gasteiger partial charge in [0.25, 0.3) is 5.91 Å². The molecule has 10 heteroatoms. The first-order valence-corrected chi connectivity index (χ1v) is 10.6. The van der Waals surface area contributed by atoms with E-state index >= 15 is 0 Å². The number of ether oxygens (including phenoxy) is 1. The van der Waals surface area contributed by atoms with E-state index < -0.39 is 11.7 Å². The molecule has 2 heterocycles. The number of nitrogens with one attached hydrogen (secondary N) is 2. The summed E-state index contributed by atoms with van der Waals surface area (Å²) < 4.78 is 5.79. The molecule has 0 radical (unpaired) electrons. The van der Waals surface area contributed by atoms with Gasteiger partial charge in [0.2, 0.25) is 11.7 Å². The lowest BCUT2D eigenvalue weighted by Crippen LogP contribution is -2.47. The highest BCUT2D eigenvalue weighted by Crippen LogP contribution is 2.25. The summed E-state index contributed by atoms with van der Waals surface area (Å²) in [6, 6.07) is 16.3. The largest absolute Gasteiger partial charge is 0.457 e. The second-order valence-corrected chi connectivity index (χ2v) is 7.50. The van der Waals surface area contributed by atoms with Gasteiger partial charge in [0, 0.05) is 31.5 Å². The number of nitrogens with zero attached hydrogens (tertiary/aromatic N) is 3. The molecule has 0 unspecified atom stereocenters. The number of rotatable bonds is 8. The summed E-state index contributed by atoms with van der Waals surface area (Å²) in [5.41, 5.74) is 6.99. The topological polar surface area (TPSA) is 151 Å². The molecule has 0 saturated carbocycles. The minimum atomic E-state index is -0.800. The quantitative estimate of drug-likeness (QED) is 0.264. The summed E-state index contributed by atoms with van der Waals surface area (Å²) in [6.07, 6.45) is 1.22. The van der Waals surface area contributed by atoms with E-state index in [1.807, 2.05) is 30.3 Å². The van der Waals surface area contributed by atoms with E-state index in [4.69, 9.17) is 15.9 Å². The third-order valence-electron chi connectivity index (χ3n) is 5.23. The Morgan fingerprint density at radius 2 is 1.71 bits per heavy atom. The Labute approximate surface area is 195 Å². The van der Waals surface area contributed by atoms with Gasteiger partial charge in [-0.15, -0.1) is 0 Å². The number of aromatic nitrogens is 2. The van der Waals surface area contributed by atoms with Gasteiger partial charge in [-0.25, -0.2) is 9.97 Å². The van der Waals surface area contributed by atoms with Gasteiger partial charge in [0.05, 0.1) is 11.3 Å².